The average molecular weight is 675 g/mol. The van der Waals surface area contributed by atoms with Crippen LogP contribution in [-0.2, 0) is 25.5 Å². The fourth-order valence-corrected chi connectivity index (χ4v) is 7.88. The second kappa shape index (κ2) is 15.3. The molecule has 4 unspecified atom stereocenters. The number of rotatable bonds is 11. The molecule has 3 aliphatic heterocycles. The summed E-state index contributed by atoms with van der Waals surface area (Å²) >= 11 is 0. The van der Waals surface area contributed by atoms with Gasteiger partial charge in [-0.15, -0.1) is 0 Å². The zero-order valence-corrected chi connectivity index (χ0v) is 28.8. The molecule has 6 rings (SSSR count). The Morgan fingerprint density at radius 3 is 2.65 bits per heavy atom. The molecule has 4 aliphatic rings. The maximum absolute atomic E-state index is 13.9. The van der Waals surface area contributed by atoms with Crippen LogP contribution in [0.4, 0.5) is 5.69 Å². The number of carbonyl (C=O) groups is 4. The van der Waals surface area contributed by atoms with Crippen molar-refractivity contribution in [2.75, 3.05) is 71.3 Å². The van der Waals surface area contributed by atoms with Gasteiger partial charge in [-0.3, -0.25) is 24.1 Å². The number of carboxylic acid groups (broad SMARTS) is 1. The van der Waals surface area contributed by atoms with Crippen molar-refractivity contribution in [2.45, 2.75) is 58.0 Å². The first-order chi connectivity index (χ1) is 23.6. The largest absolute Gasteiger partial charge is 0.481 e. The number of carboxylic acids is 1. The van der Waals surface area contributed by atoms with Gasteiger partial charge in [0, 0.05) is 64.5 Å². The maximum Gasteiger partial charge on any atom is 0.311 e. The highest BCUT2D eigenvalue weighted by Gasteiger charge is 2.49. The Bertz CT molecular complexity index is 1540. The number of fused-ring (bicyclic) bond motifs is 2. The van der Waals surface area contributed by atoms with Gasteiger partial charge in [-0.2, -0.15) is 0 Å². The van der Waals surface area contributed by atoms with Gasteiger partial charge in [0.05, 0.1) is 30.4 Å². The van der Waals surface area contributed by atoms with Gasteiger partial charge >= 0.3 is 5.97 Å². The van der Waals surface area contributed by atoms with Crippen LogP contribution in [0.2, 0.25) is 0 Å². The molecule has 0 spiro atoms. The minimum Gasteiger partial charge on any atom is -0.481 e. The normalized spacial score (nSPS) is 26.0. The van der Waals surface area contributed by atoms with Crippen molar-refractivity contribution >= 4 is 29.4 Å². The highest BCUT2D eigenvalue weighted by molar-refractivity contribution is 6.03. The predicted octanol–water partition coefficient (Wildman–Crippen LogP) is 3.13. The molecule has 0 radical (unpaired) electrons. The Hall–Kier alpha value is -3.87. The van der Waals surface area contributed by atoms with Gasteiger partial charge in [0.2, 0.25) is 11.8 Å². The average Bonchev–Trinajstić information content (AvgIpc) is 3.11. The van der Waals surface area contributed by atoms with Gasteiger partial charge in [-0.05, 0) is 67.7 Å². The minimum absolute atomic E-state index is 0.00538. The van der Waals surface area contributed by atoms with Crippen molar-refractivity contribution in [1.29, 1.82) is 0 Å². The number of anilines is 1. The van der Waals surface area contributed by atoms with Crippen LogP contribution in [0.1, 0.15) is 61.5 Å². The van der Waals surface area contributed by atoms with E-state index in [2.05, 4.69) is 39.6 Å². The number of piperidine rings is 1. The van der Waals surface area contributed by atoms with Crippen LogP contribution in [0.15, 0.2) is 36.5 Å². The Kier molecular flexibility index (Phi) is 11.0. The predicted molar refractivity (Wildman–Crippen MR) is 185 cm³/mol. The van der Waals surface area contributed by atoms with Crippen LogP contribution in [0.25, 0.3) is 11.1 Å². The molecule has 4 heterocycles. The number of amides is 3. The standard InChI is InChI=1S/C37H50N6O6/c1-3-25-6-4-7-27(16-25)29-18-30(40-32(44)22-38-20-26-9-11-41(2)33(45)17-26)34(39-21-29)35(46)43-14-12-42(13-15-43)23-31-28-8-5-10-37(19-28,24-49-31)36(47)48/h4,6-7,16,18,21,26,28,31,38H,3,5,8-15,17,19-20,22-24H2,1-2H3,(H,40,44)(H,47,48). The molecule has 4 fully saturated rings. The molecule has 3 amide bonds. The van der Waals surface area contributed by atoms with Crippen LogP contribution >= 0.6 is 0 Å². The van der Waals surface area contributed by atoms with Gasteiger partial charge < -0.3 is 30.3 Å². The van der Waals surface area contributed by atoms with Crippen LogP contribution in [0.3, 0.4) is 0 Å². The van der Waals surface area contributed by atoms with Crippen LogP contribution in [-0.4, -0.2) is 121 Å². The molecule has 12 nitrogen and oxygen atoms in total. The molecule has 1 aromatic heterocycles. The number of nitrogens with zero attached hydrogens (tertiary/aromatic N) is 4. The molecule has 2 aromatic rings. The maximum atomic E-state index is 13.9. The Morgan fingerprint density at radius 2 is 1.90 bits per heavy atom. The smallest absolute Gasteiger partial charge is 0.311 e. The van der Waals surface area contributed by atoms with E-state index in [4.69, 9.17) is 4.74 Å². The minimum atomic E-state index is -0.740. The molecule has 2 bridgehead atoms. The van der Waals surface area contributed by atoms with E-state index in [1.807, 2.05) is 25.2 Å². The van der Waals surface area contributed by atoms with E-state index < -0.39 is 11.4 Å². The van der Waals surface area contributed by atoms with E-state index in [0.717, 1.165) is 49.9 Å². The molecule has 3 N–H and O–H groups in total. The van der Waals surface area contributed by atoms with Gasteiger partial charge in [0.1, 0.15) is 0 Å². The topological polar surface area (TPSA) is 144 Å². The Balaban J connectivity index is 1.09. The first-order valence-corrected chi connectivity index (χ1v) is 17.8. The molecule has 264 valence electrons. The SMILES string of the molecule is CCc1cccc(-c2cnc(C(=O)N3CCN(CC4OCC5(C(=O)O)CCCC4C5)CC3)c(NC(=O)CNCC3CCN(C)C(=O)C3)c2)c1. The fraction of sp³-hybridized carbons (Fsp3) is 0.595. The highest BCUT2D eigenvalue weighted by atomic mass is 16.5. The molecule has 3 saturated heterocycles. The van der Waals surface area contributed by atoms with E-state index in [-0.39, 0.29) is 54.5 Å². The first-order valence-electron chi connectivity index (χ1n) is 17.8. The van der Waals surface area contributed by atoms with Crippen molar-refractivity contribution < 1.29 is 29.0 Å². The third-order valence-electron chi connectivity index (χ3n) is 11.0. The number of hydrogen-bond acceptors (Lipinski definition) is 8. The Labute approximate surface area is 288 Å². The monoisotopic (exact) mass is 674 g/mol. The summed E-state index contributed by atoms with van der Waals surface area (Å²) in [7, 11) is 1.81. The van der Waals surface area contributed by atoms with Gasteiger partial charge in [0.15, 0.2) is 5.69 Å². The summed E-state index contributed by atoms with van der Waals surface area (Å²) in [6.07, 6.45) is 7.23. The first kappa shape index (κ1) is 35.0. The molecular formula is C37H50N6O6. The molecule has 1 saturated carbocycles. The number of nitrogens with one attached hydrogen (secondary N) is 2. The van der Waals surface area contributed by atoms with Gasteiger partial charge in [-0.1, -0.05) is 37.6 Å². The third-order valence-corrected chi connectivity index (χ3v) is 11.0. The number of benzene rings is 1. The van der Waals surface area contributed by atoms with E-state index in [1.165, 1.54) is 5.56 Å². The van der Waals surface area contributed by atoms with E-state index in [0.29, 0.717) is 57.7 Å². The number of aromatic nitrogens is 1. The number of pyridine rings is 1. The number of aryl methyl sites for hydroxylation is 1. The second-order valence-corrected chi connectivity index (χ2v) is 14.4. The lowest BCUT2D eigenvalue weighted by atomic mass is 9.66. The number of hydrogen-bond donors (Lipinski definition) is 3. The zero-order valence-electron chi connectivity index (χ0n) is 28.8. The molecule has 49 heavy (non-hydrogen) atoms. The molecule has 1 aliphatic carbocycles. The molecule has 12 heteroatoms. The zero-order chi connectivity index (χ0) is 34.5. The van der Waals surface area contributed by atoms with Crippen LogP contribution < -0.4 is 10.6 Å². The Morgan fingerprint density at radius 1 is 1.08 bits per heavy atom. The lowest BCUT2D eigenvalue weighted by Crippen LogP contribution is -2.55. The summed E-state index contributed by atoms with van der Waals surface area (Å²) in [4.78, 5) is 61.6. The highest BCUT2D eigenvalue weighted by Crippen LogP contribution is 2.46. The molecular weight excluding hydrogens is 624 g/mol. The summed E-state index contributed by atoms with van der Waals surface area (Å²) < 4.78 is 6.17. The summed E-state index contributed by atoms with van der Waals surface area (Å²) in [5.74, 6) is -0.688. The fourth-order valence-electron chi connectivity index (χ4n) is 7.88. The van der Waals surface area contributed by atoms with E-state index >= 15 is 0 Å². The van der Waals surface area contributed by atoms with Gasteiger partial charge in [-0.25, -0.2) is 4.98 Å². The molecule has 1 aromatic carbocycles. The van der Waals surface area contributed by atoms with Crippen LogP contribution in [0, 0.1) is 17.3 Å². The van der Waals surface area contributed by atoms with E-state index in [1.54, 1.807) is 16.0 Å². The van der Waals surface area contributed by atoms with Crippen molar-refractivity contribution in [3.8, 4) is 11.1 Å². The van der Waals surface area contributed by atoms with Crippen LogP contribution in [0.5, 0.6) is 0 Å². The summed E-state index contributed by atoms with van der Waals surface area (Å²) in [5, 5.41) is 16.0. The van der Waals surface area contributed by atoms with Crippen molar-refractivity contribution in [1.82, 2.24) is 25.0 Å². The van der Waals surface area contributed by atoms with Crippen molar-refractivity contribution in [3.63, 3.8) is 0 Å². The lowest BCUT2D eigenvalue weighted by Gasteiger charge is -2.47. The summed E-state index contributed by atoms with van der Waals surface area (Å²) in [6, 6.07) is 9.99. The second-order valence-electron chi connectivity index (χ2n) is 14.4. The summed E-state index contributed by atoms with van der Waals surface area (Å²) in [5.41, 5.74) is 2.81. The number of carbonyl (C=O) groups excluding carboxylic acids is 3. The van der Waals surface area contributed by atoms with Crippen molar-refractivity contribution in [3.05, 3.63) is 47.8 Å². The quantitative estimate of drug-likeness (QED) is 0.328. The third kappa shape index (κ3) is 8.13. The number of ether oxygens (including phenoxy) is 1. The molecule has 4 atom stereocenters. The van der Waals surface area contributed by atoms with E-state index in [9.17, 15) is 24.3 Å². The van der Waals surface area contributed by atoms with Crippen molar-refractivity contribution in [2.24, 2.45) is 17.3 Å². The number of likely N-dealkylation sites (tertiary alicyclic amines) is 1. The number of piperazine rings is 1. The summed E-state index contributed by atoms with van der Waals surface area (Å²) in [6.45, 7) is 6.82. The number of aliphatic carboxylic acids is 1. The lowest BCUT2D eigenvalue weighted by molar-refractivity contribution is -0.177. The van der Waals surface area contributed by atoms with Gasteiger partial charge in [0.25, 0.3) is 5.91 Å².